The van der Waals surface area contributed by atoms with Crippen LogP contribution in [0.3, 0.4) is 0 Å². The number of non-ortho nitro benzene ring substituents is 1. The van der Waals surface area contributed by atoms with Gasteiger partial charge in [0.1, 0.15) is 12.0 Å². The Morgan fingerprint density at radius 2 is 1.67 bits per heavy atom. The lowest BCUT2D eigenvalue weighted by Gasteiger charge is -2.11. The molecule has 0 spiro atoms. The molecule has 2 rings (SSSR count). The summed E-state index contributed by atoms with van der Waals surface area (Å²) in [6.07, 6.45) is 0.640. The highest BCUT2D eigenvalue weighted by Gasteiger charge is 2.17. The minimum atomic E-state index is -0.618. The van der Waals surface area contributed by atoms with Gasteiger partial charge in [-0.3, -0.25) is 14.9 Å². The molecule has 2 aromatic rings. The lowest BCUT2D eigenvalue weighted by Crippen LogP contribution is -1.92. The van der Waals surface area contributed by atoms with Crippen molar-refractivity contribution in [3.63, 3.8) is 0 Å². The number of aldehydes is 1. The van der Waals surface area contributed by atoms with Crippen molar-refractivity contribution in [2.24, 2.45) is 0 Å². The van der Waals surface area contributed by atoms with E-state index in [1.165, 1.54) is 18.2 Å². The van der Waals surface area contributed by atoms with E-state index < -0.39 is 4.92 Å². The Balaban J connectivity index is 2.40. The number of carbonyl (C=O) groups excluding carboxylic acids is 1. The Kier molecular flexibility index (Phi) is 4.67. The Hall–Kier alpha value is -1.82. The molecule has 0 heterocycles. The number of carbonyl (C=O) groups is 1. The number of halogens is 3. The highest BCUT2D eigenvalue weighted by molar-refractivity contribution is 6.37. The predicted molar refractivity (Wildman–Crippen MR) is 80.0 cm³/mol. The molecule has 0 N–H and O–H groups in total. The molecule has 0 aliphatic carbocycles. The van der Waals surface area contributed by atoms with E-state index in [1.54, 1.807) is 0 Å². The van der Waals surface area contributed by atoms with E-state index in [-0.39, 0.29) is 32.3 Å². The zero-order valence-corrected chi connectivity index (χ0v) is 12.4. The first-order valence-electron chi connectivity index (χ1n) is 5.48. The molecule has 0 aromatic heterocycles. The number of ether oxygens (including phenoxy) is 1. The molecule has 8 heteroatoms. The van der Waals surface area contributed by atoms with E-state index in [1.807, 2.05) is 0 Å². The van der Waals surface area contributed by atoms with E-state index >= 15 is 0 Å². The highest BCUT2D eigenvalue weighted by Crippen LogP contribution is 2.41. The van der Waals surface area contributed by atoms with Crippen LogP contribution in [0.4, 0.5) is 5.69 Å². The molecular formula is C13H6Cl3NO4. The van der Waals surface area contributed by atoms with Crippen LogP contribution in [0.2, 0.25) is 15.1 Å². The molecule has 108 valence electrons. The molecule has 0 radical (unpaired) electrons. The van der Waals surface area contributed by atoms with Gasteiger partial charge in [0.05, 0.1) is 20.0 Å². The summed E-state index contributed by atoms with van der Waals surface area (Å²) in [5.41, 5.74) is 0.132. The SMILES string of the molecule is O=Cc1ccc(Oc2c(Cl)cc([N+](=O)[O-])cc2Cl)c(Cl)c1. The van der Waals surface area contributed by atoms with Crippen molar-refractivity contribution < 1.29 is 14.5 Å². The van der Waals surface area contributed by atoms with Crippen LogP contribution in [-0.2, 0) is 0 Å². The molecule has 21 heavy (non-hydrogen) atoms. The van der Waals surface area contributed by atoms with E-state index in [4.69, 9.17) is 39.5 Å². The third kappa shape index (κ3) is 3.44. The fourth-order valence-electron chi connectivity index (χ4n) is 1.53. The van der Waals surface area contributed by atoms with Gasteiger partial charge in [-0.1, -0.05) is 34.8 Å². The summed E-state index contributed by atoms with van der Waals surface area (Å²) in [5, 5.41) is 10.8. The second-order valence-corrected chi connectivity index (χ2v) is 5.13. The minimum absolute atomic E-state index is 0.0234. The van der Waals surface area contributed by atoms with Gasteiger partial charge in [0, 0.05) is 17.7 Å². The summed E-state index contributed by atoms with van der Waals surface area (Å²) in [5.74, 6) is 0.268. The molecule has 0 aliphatic heterocycles. The van der Waals surface area contributed by atoms with Gasteiger partial charge in [0.15, 0.2) is 5.75 Å². The van der Waals surface area contributed by atoms with Crippen molar-refractivity contribution in [3.8, 4) is 11.5 Å². The molecule has 0 fully saturated rings. The molecule has 0 saturated heterocycles. The van der Waals surface area contributed by atoms with Gasteiger partial charge < -0.3 is 4.74 Å². The standard InChI is InChI=1S/C13H6Cl3NO4/c14-9-3-7(6-18)1-2-12(9)21-13-10(15)4-8(17(19)20)5-11(13)16/h1-6H. The van der Waals surface area contributed by atoms with E-state index in [2.05, 4.69) is 0 Å². The molecule has 0 saturated carbocycles. The average Bonchev–Trinajstić information content (AvgIpc) is 2.43. The number of nitro benzene ring substituents is 1. The Morgan fingerprint density at radius 1 is 1.05 bits per heavy atom. The molecule has 5 nitrogen and oxygen atoms in total. The molecule has 0 bridgehead atoms. The number of hydrogen-bond donors (Lipinski definition) is 0. The molecule has 2 aromatic carbocycles. The fraction of sp³-hybridized carbons (Fsp3) is 0. The van der Waals surface area contributed by atoms with Crippen molar-refractivity contribution in [2.75, 3.05) is 0 Å². The maximum Gasteiger partial charge on any atom is 0.272 e. The van der Waals surface area contributed by atoms with Crippen molar-refractivity contribution >= 4 is 46.8 Å². The third-order valence-electron chi connectivity index (χ3n) is 2.50. The van der Waals surface area contributed by atoms with Crippen molar-refractivity contribution in [1.29, 1.82) is 0 Å². The predicted octanol–water partition coefficient (Wildman–Crippen LogP) is 5.16. The van der Waals surface area contributed by atoms with Crippen molar-refractivity contribution in [1.82, 2.24) is 0 Å². The highest BCUT2D eigenvalue weighted by atomic mass is 35.5. The number of nitrogens with zero attached hydrogens (tertiary/aromatic N) is 1. The summed E-state index contributed by atoms with van der Waals surface area (Å²) < 4.78 is 5.47. The largest absolute Gasteiger partial charge is 0.453 e. The summed E-state index contributed by atoms with van der Waals surface area (Å²) in [4.78, 5) is 20.7. The van der Waals surface area contributed by atoms with Gasteiger partial charge >= 0.3 is 0 Å². The van der Waals surface area contributed by atoms with Gasteiger partial charge in [0.2, 0.25) is 0 Å². The first kappa shape index (κ1) is 15.6. The van der Waals surface area contributed by atoms with Crippen LogP contribution in [-0.4, -0.2) is 11.2 Å². The maximum atomic E-state index is 10.7. The Morgan fingerprint density at radius 3 is 2.14 bits per heavy atom. The zero-order valence-electron chi connectivity index (χ0n) is 10.2. The van der Waals surface area contributed by atoms with Crippen molar-refractivity contribution in [3.05, 3.63) is 61.1 Å². The quantitative estimate of drug-likeness (QED) is 0.435. The number of rotatable bonds is 4. The summed E-state index contributed by atoms with van der Waals surface area (Å²) in [7, 11) is 0. The van der Waals surface area contributed by atoms with Gasteiger partial charge in [-0.25, -0.2) is 0 Å². The summed E-state index contributed by atoms with van der Waals surface area (Å²) in [6.45, 7) is 0. The van der Waals surface area contributed by atoms with Gasteiger partial charge in [-0.2, -0.15) is 0 Å². The second-order valence-electron chi connectivity index (χ2n) is 3.91. The van der Waals surface area contributed by atoms with Crippen LogP contribution < -0.4 is 4.74 Å². The molecule has 0 amide bonds. The molecule has 0 atom stereocenters. The number of nitro groups is 1. The maximum absolute atomic E-state index is 10.7. The van der Waals surface area contributed by atoms with Crippen LogP contribution in [0.5, 0.6) is 11.5 Å². The molecule has 0 unspecified atom stereocenters. The van der Waals surface area contributed by atoms with Crippen LogP contribution in [0.1, 0.15) is 10.4 Å². The first-order valence-corrected chi connectivity index (χ1v) is 6.61. The monoisotopic (exact) mass is 345 g/mol. The lowest BCUT2D eigenvalue weighted by atomic mass is 10.2. The molecular weight excluding hydrogens is 341 g/mol. The second kappa shape index (κ2) is 6.30. The van der Waals surface area contributed by atoms with Gasteiger partial charge in [-0.05, 0) is 18.2 Å². The number of benzene rings is 2. The van der Waals surface area contributed by atoms with Crippen LogP contribution in [0, 0.1) is 10.1 Å². The molecule has 0 aliphatic rings. The van der Waals surface area contributed by atoms with Crippen molar-refractivity contribution in [2.45, 2.75) is 0 Å². The Bertz CT molecular complexity index is 710. The summed E-state index contributed by atoms with van der Waals surface area (Å²) >= 11 is 17.8. The van der Waals surface area contributed by atoms with Crippen LogP contribution >= 0.6 is 34.8 Å². The smallest absolute Gasteiger partial charge is 0.272 e. The minimum Gasteiger partial charge on any atom is -0.453 e. The first-order chi connectivity index (χ1) is 9.92. The zero-order chi connectivity index (χ0) is 15.6. The summed E-state index contributed by atoms with van der Waals surface area (Å²) in [6, 6.07) is 6.63. The van der Waals surface area contributed by atoms with Crippen LogP contribution in [0.25, 0.3) is 0 Å². The van der Waals surface area contributed by atoms with Crippen LogP contribution in [0.15, 0.2) is 30.3 Å². The van der Waals surface area contributed by atoms with E-state index in [0.717, 1.165) is 12.1 Å². The van der Waals surface area contributed by atoms with E-state index in [0.29, 0.717) is 11.8 Å². The fourth-order valence-corrected chi connectivity index (χ4v) is 2.31. The normalized spacial score (nSPS) is 10.2. The topological polar surface area (TPSA) is 69.4 Å². The average molecular weight is 347 g/mol. The Labute approximate surface area is 134 Å². The van der Waals surface area contributed by atoms with Gasteiger partial charge in [0.25, 0.3) is 5.69 Å². The third-order valence-corrected chi connectivity index (χ3v) is 3.35. The lowest BCUT2D eigenvalue weighted by molar-refractivity contribution is -0.384. The van der Waals surface area contributed by atoms with Gasteiger partial charge in [-0.15, -0.1) is 0 Å². The van der Waals surface area contributed by atoms with E-state index in [9.17, 15) is 14.9 Å². The number of hydrogen-bond acceptors (Lipinski definition) is 4.